The zero-order valence-corrected chi connectivity index (χ0v) is 10.2. The fourth-order valence-electron chi connectivity index (χ4n) is 1.29. The molecule has 0 aliphatic carbocycles. The topological polar surface area (TPSA) is 105 Å². The molecule has 1 aromatic carbocycles. The molecular weight excluding hydrogens is 259 g/mol. The average Bonchev–Trinajstić information content (AvgIpc) is 2.62. The number of rotatable bonds is 2. The van der Waals surface area contributed by atoms with Crippen LogP contribution in [0.4, 0.5) is 27.4 Å². The number of hydrogen-bond donors (Lipinski definition) is 3. The van der Waals surface area contributed by atoms with Crippen molar-refractivity contribution in [3.8, 4) is 0 Å². The molecule has 0 saturated carbocycles. The highest BCUT2D eigenvalue weighted by Crippen LogP contribution is 2.32. The molecular formula is C10H10ClFN6. The summed E-state index contributed by atoms with van der Waals surface area (Å²) in [5, 5.41) is 14.0. The van der Waals surface area contributed by atoms with Gasteiger partial charge in [0.2, 0.25) is 0 Å². The Balaban J connectivity index is 2.38. The Kier molecular flexibility index (Phi) is 3.15. The molecule has 0 bridgehead atoms. The predicted octanol–water partition coefficient (Wildman–Crippen LogP) is 3.09. The monoisotopic (exact) mass is 268 g/mol. The standard InChI is InChI=1S/C10H10ClFN6/c1-4-2-7(5(11)3-6(4)12)15-16-8-9(13)17-18-10(8)14/h2-3H,1H3,(H5,13,14,17,18). The minimum absolute atomic E-state index is 0.131. The lowest BCUT2D eigenvalue weighted by Crippen LogP contribution is -1.85. The van der Waals surface area contributed by atoms with E-state index in [-0.39, 0.29) is 22.3 Å². The summed E-state index contributed by atoms with van der Waals surface area (Å²) in [7, 11) is 0. The van der Waals surface area contributed by atoms with Gasteiger partial charge in [0.25, 0.3) is 0 Å². The minimum atomic E-state index is -0.402. The van der Waals surface area contributed by atoms with Gasteiger partial charge in [-0.2, -0.15) is 5.10 Å². The van der Waals surface area contributed by atoms with Crippen molar-refractivity contribution in [1.29, 1.82) is 0 Å². The molecule has 1 aromatic heterocycles. The number of nitrogen functional groups attached to an aromatic ring is 2. The Morgan fingerprint density at radius 2 is 2.06 bits per heavy atom. The normalized spacial score (nSPS) is 11.3. The number of anilines is 2. The van der Waals surface area contributed by atoms with Crippen molar-refractivity contribution < 1.29 is 4.39 Å². The molecule has 0 fully saturated rings. The van der Waals surface area contributed by atoms with Crippen LogP contribution in [0.5, 0.6) is 0 Å². The van der Waals surface area contributed by atoms with Crippen LogP contribution >= 0.6 is 11.6 Å². The number of hydrogen-bond acceptors (Lipinski definition) is 5. The first-order valence-corrected chi connectivity index (χ1v) is 5.33. The molecule has 0 atom stereocenters. The molecule has 6 nitrogen and oxygen atoms in total. The van der Waals surface area contributed by atoms with E-state index in [0.29, 0.717) is 11.3 Å². The van der Waals surface area contributed by atoms with Gasteiger partial charge in [-0.1, -0.05) is 11.6 Å². The van der Waals surface area contributed by atoms with Crippen LogP contribution in [0.3, 0.4) is 0 Å². The Bertz CT molecular complexity index is 602. The molecule has 0 radical (unpaired) electrons. The molecule has 8 heteroatoms. The Hall–Kier alpha value is -2.15. The van der Waals surface area contributed by atoms with Crippen molar-refractivity contribution in [1.82, 2.24) is 10.2 Å². The number of halogens is 2. The highest BCUT2D eigenvalue weighted by Gasteiger charge is 2.08. The van der Waals surface area contributed by atoms with Crippen LogP contribution in [-0.4, -0.2) is 10.2 Å². The van der Waals surface area contributed by atoms with E-state index in [1.807, 2.05) is 0 Å². The zero-order chi connectivity index (χ0) is 13.3. The molecule has 2 rings (SSSR count). The second kappa shape index (κ2) is 4.61. The summed E-state index contributed by atoms with van der Waals surface area (Å²) in [6.07, 6.45) is 0. The van der Waals surface area contributed by atoms with E-state index in [9.17, 15) is 4.39 Å². The number of nitrogens with zero attached hydrogens (tertiary/aromatic N) is 3. The lowest BCUT2D eigenvalue weighted by atomic mass is 10.2. The van der Waals surface area contributed by atoms with Crippen LogP contribution in [0.2, 0.25) is 5.02 Å². The number of H-pyrrole nitrogens is 1. The van der Waals surface area contributed by atoms with Crippen molar-refractivity contribution in [2.24, 2.45) is 10.2 Å². The highest BCUT2D eigenvalue weighted by atomic mass is 35.5. The Morgan fingerprint density at radius 1 is 1.33 bits per heavy atom. The molecule has 0 amide bonds. The molecule has 0 spiro atoms. The van der Waals surface area contributed by atoms with E-state index in [1.54, 1.807) is 6.92 Å². The van der Waals surface area contributed by atoms with Crippen LogP contribution in [-0.2, 0) is 0 Å². The lowest BCUT2D eigenvalue weighted by molar-refractivity contribution is 0.618. The first-order valence-electron chi connectivity index (χ1n) is 4.95. The maximum absolute atomic E-state index is 13.2. The first kappa shape index (κ1) is 12.3. The lowest BCUT2D eigenvalue weighted by Gasteiger charge is -2.00. The molecule has 5 N–H and O–H groups in total. The smallest absolute Gasteiger partial charge is 0.175 e. The summed E-state index contributed by atoms with van der Waals surface area (Å²) >= 11 is 5.84. The Morgan fingerprint density at radius 3 is 2.67 bits per heavy atom. The van der Waals surface area contributed by atoms with E-state index in [0.717, 1.165) is 0 Å². The highest BCUT2D eigenvalue weighted by molar-refractivity contribution is 6.33. The van der Waals surface area contributed by atoms with Crippen LogP contribution in [0, 0.1) is 12.7 Å². The van der Waals surface area contributed by atoms with E-state index in [4.69, 9.17) is 23.1 Å². The number of aromatic nitrogens is 2. The summed E-state index contributed by atoms with van der Waals surface area (Å²) in [4.78, 5) is 0. The maximum atomic E-state index is 13.2. The number of benzene rings is 1. The summed E-state index contributed by atoms with van der Waals surface area (Å²) in [5.74, 6) is -0.0706. The molecule has 1 heterocycles. The molecule has 94 valence electrons. The minimum Gasteiger partial charge on any atom is -0.382 e. The summed E-state index contributed by atoms with van der Waals surface area (Å²) in [6.45, 7) is 1.60. The predicted molar refractivity (Wildman–Crippen MR) is 67.7 cm³/mol. The van der Waals surface area contributed by atoms with E-state index >= 15 is 0 Å². The van der Waals surface area contributed by atoms with Crippen molar-refractivity contribution >= 4 is 34.6 Å². The average molecular weight is 269 g/mol. The molecule has 2 aromatic rings. The number of azo groups is 1. The summed E-state index contributed by atoms with van der Waals surface area (Å²) in [6, 6.07) is 2.65. The summed E-state index contributed by atoms with van der Waals surface area (Å²) in [5.41, 5.74) is 12.1. The quantitative estimate of drug-likeness (QED) is 0.729. The maximum Gasteiger partial charge on any atom is 0.175 e. The fourth-order valence-corrected chi connectivity index (χ4v) is 1.48. The van der Waals surface area contributed by atoms with Crippen molar-refractivity contribution in [3.63, 3.8) is 0 Å². The van der Waals surface area contributed by atoms with E-state index in [2.05, 4.69) is 20.4 Å². The SMILES string of the molecule is Cc1cc(N=Nc2c(N)n[nH]c2N)c(Cl)cc1F. The van der Waals surface area contributed by atoms with Gasteiger partial charge in [0.1, 0.15) is 17.3 Å². The fraction of sp³-hybridized carbons (Fsp3) is 0.100. The second-order valence-corrected chi connectivity index (χ2v) is 4.03. The molecule has 0 saturated heterocycles. The van der Waals surface area contributed by atoms with Crippen molar-refractivity contribution in [2.75, 3.05) is 11.5 Å². The number of aryl methyl sites for hydroxylation is 1. The second-order valence-electron chi connectivity index (χ2n) is 3.62. The first-order chi connectivity index (χ1) is 8.49. The summed E-state index contributed by atoms with van der Waals surface area (Å²) < 4.78 is 13.2. The molecule has 0 unspecified atom stereocenters. The van der Waals surface area contributed by atoms with Gasteiger partial charge in [0, 0.05) is 0 Å². The van der Waals surface area contributed by atoms with Gasteiger partial charge < -0.3 is 11.5 Å². The van der Waals surface area contributed by atoms with Crippen molar-refractivity contribution in [3.05, 3.63) is 28.5 Å². The van der Waals surface area contributed by atoms with Crippen molar-refractivity contribution in [2.45, 2.75) is 6.92 Å². The third kappa shape index (κ3) is 2.25. The number of aromatic amines is 1. The van der Waals surface area contributed by atoms with E-state index in [1.165, 1.54) is 12.1 Å². The van der Waals surface area contributed by atoms with Gasteiger partial charge in [-0.3, -0.25) is 5.10 Å². The van der Waals surface area contributed by atoms with Crippen LogP contribution < -0.4 is 11.5 Å². The van der Waals surface area contributed by atoms with Gasteiger partial charge in [0.05, 0.1) is 5.02 Å². The number of nitrogens with one attached hydrogen (secondary N) is 1. The number of nitrogens with two attached hydrogens (primary N) is 2. The largest absolute Gasteiger partial charge is 0.382 e. The molecule has 0 aliphatic heterocycles. The zero-order valence-electron chi connectivity index (χ0n) is 9.41. The van der Waals surface area contributed by atoms with Crippen LogP contribution in [0.1, 0.15) is 5.56 Å². The van der Waals surface area contributed by atoms with Gasteiger partial charge in [-0.05, 0) is 24.6 Å². The van der Waals surface area contributed by atoms with Crippen LogP contribution in [0.15, 0.2) is 22.4 Å². The van der Waals surface area contributed by atoms with Gasteiger partial charge in [-0.15, -0.1) is 10.2 Å². The third-order valence-electron chi connectivity index (χ3n) is 2.28. The van der Waals surface area contributed by atoms with E-state index < -0.39 is 5.82 Å². The third-order valence-corrected chi connectivity index (χ3v) is 2.58. The van der Waals surface area contributed by atoms with Gasteiger partial charge >= 0.3 is 0 Å². The van der Waals surface area contributed by atoms with Gasteiger partial charge in [-0.25, -0.2) is 4.39 Å². The van der Waals surface area contributed by atoms with Gasteiger partial charge in [0.15, 0.2) is 11.5 Å². The molecule has 0 aliphatic rings. The Labute approximate surface area is 107 Å². The van der Waals surface area contributed by atoms with Crippen LogP contribution in [0.25, 0.3) is 0 Å². The molecule has 18 heavy (non-hydrogen) atoms.